The minimum atomic E-state index is -0.675. The number of carboxylic acid groups (broad SMARTS) is 1. The molecule has 0 saturated carbocycles. The lowest BCUT2D eigenvalue weighted by molar-refractivity contribution is -0.137. The number of carboxylic acids is 1. The van der Waals surface area contributed by atoms with Gasteiger partial charge in [-0.1, -0.05) is 244 Å². The maximum absolute atomic E-state index is 12.1. The third kappa shape index (κ3) is 45.1. The first-order valence-corrected chi connectivity index (χ1v) is 22.9. The van der Waals surface area contributed by atoms with E-state index in [1.807, 2.05) is 0 Å². The van der Waals surface area contributed by atoms with Crippen molar-refractivity contribution in [1.29, 1.82) is 0 Å². The Morgan fingerprint density at radius 1 is 0.265 bits per heavy atom. The highest BCUT2D eigenvalue weighted by molar-refractivity contribution is 5.78. The Kier molecular flexibility index (Phi) is 42.5. The summed E-state index contributed by atoms with van der Waals surface area (Å²) < 4.78 is 0. The molecule has 0 aliphatic heterocycles. The van der Waals surface area contributed by atoms with Crippen LogP contribution in [0.2, 0.25) is 0 Å². The van der Waals surface area contributed by atoms with E-state index < -0.39 is 5.97 Å². The van der Waals surface area contributed by atoms with Gasteiger partial charge in [0.2, 0.25) is 0 Å². The van der Waals surface area contributed by atoms with Crippen molar-refractivity contribution < 1.29 is 14.7 Å². The molecule has 0 fully saturated rings. The van der Waals surface area contributed by atoms with Crippen molar-refractivity contribution in [3.8, 4) is 0 Å². The zero-order chi connectivity index (χ0) is 35.6. The smallest absolute Gasteiger partial charge is 0.303 e. The number of rotatable bonds is 44. The van der Waals surface area contributed by atoms with E-state index in [0.29, 0.717) is 12.2 Å². The van der Waals surface area contributed by atoms with Crippen LogP contribution in [0.4, 0.5) is 0 Å². The van der Waals surface area contributed by atoms with Crippen LogP contribution < -0.4 is 0 Å². The normalized spacial score (nSPS) is 11.4. The minimum Gasteiger partial charge on any atom is -0.481 e. The van der Waals surface area contributed by atoms with Gasteiger partial charge in [-0.05, 0) is 19.3 Å². The molecule has 0 aromatic rings. The van der Waals surface area contributed by atoms with Crippen LogP contribution in [-0.4, -0.2) is 16.9 Å². The Morgan fingerprint density at radius 2 is 0.429 bits per heavy atom. The highest BCUT2D eigenvalue weighted by atomic mass is 16.4. The van der Waals surface area contributed by atoms with Gasteiger partial charge in [-0.15, -0.1) is 0 Å². The van der Waals surface area contributed by atoms with Crippen LogP contribution in [0.25, 0.3) is 0 Å². The molecule has 0 aliphatic carbocycles. The Balaban J connectivity index is 3.13. The quantitative estimate of drug-likeness (QED) is 0.0647. The van der Waals surface area contributed by atoms with E-state index in [0.717, 1.165) is 44.9 Å². The third-order valence-corrected chi connectivity index (χ3v) is 10.9. The number of aliphatic carboxylic acids is 1. The molecule has 0 spiro atoms. The molecule has 292 valence electrons. The Bertz CT molecular complexity index is 644. The second kappa shape index (κ2) is 43.3. The van der Waals surface area contributed by atoms with Crippen LogP contribution in [0.15, 0.2) is 0 Å². The van der Waals surface area contributed by atoms with Crippen LogP contribution in [0.5, 0.6) is 0 Å². The van der Waals surface area contributed by atoms with Crippen molar-refractivity contribution in [3.63, 3.8) is 0 Å². The average molecular weight is 691 g/mol. The lowest BCUT2D eigenvalue weighted by Crippen LogP contribution is -1.97. The Morgan fingerprint density at radius 3 is 0.612 bits per heavy atom. The summed E-state index contributed by atoms with van der Waals surface area (Å²) in [6.07, 6.45) is 56.4. The number of carbonyl (C=O) groups is 2. The Labute approximate surface area is 308 Å². The summed E-state index contributed by atoms with van der Waals surface area (Å²) in [4.78, 5) is 22.6. The maximum Gasteiger partial charge on any atom is 0.303 e. The first-order valence-electron chi connectivity index (χ1n) is 22.9. The molecule has 0 radical (unpaired) electrons. The number of unbranched alkanes of at least 4 members (excludes halogenated alkanes) is 38. The van der Waals surface area contributed by atoms with Crippen molar-refractivity contribution in [1.82, 2.24) is 0 Å². The lowest BCUT2D eigenvalue weighted by atomic mass is 10.0. The summed E-state index contributed by atoms with van der Waals surface area (Å²) in [6.45, 7) is 2.30. The molecule has 49 heavy (non-hydrogen) atoms. The molecule has 3 heteroatoms. The van der Waals surface area contributed by atoms with E-state index >= 15 is 0 Å². The molecular weight excluding hydrogens is 601 g/mol. The van der Waals surface area contributed by atoms with Gasteiger partial charge in [-0.25, -0.2) is 0 Å². The van der Waals surface area contributed by atoms with Gasteiger partial charge in [0.25, 0.3) is 0 Å². The van der Waals surface area contributed by atoms with Gasteiger partial charge in [0.05, 0.1) is 0 Å². The molecule has 1 N–H and O–H groups in total. The number of Topliss-reactive ketones (excluding diaryl/α,β-unsaturated/α-hetero) is 1. The first-order chi connectivity index (χ1) is 24.2. The molecule has 0 unspecified atom stereocenters. The van der Waals surface area contributed by atoms with E-state index in [4.69, 9.17) is 5.11 Å². The van der Waals surface area contributed by atoms with Crippen LogP contribution >= 0.6 is 0 Å². The average Bonchev–Trinajstić information content (AvgIpc) is 3.09. The highest BCUT2D eigenvalue weighted by Gasteiger charge is 2.03. The van der Waals surface area contributed by atoms with Crippen LogP contribution in [0.1, 0.15) is 283 Å². The summed E-state index contributed by atoms with van der Waals surface area (Å²) >= 11 is 0. The maximum atomic E-state index is 12.1. The lowest BCUT2D eigenvalue weighted by Gasteiger charge is -2.05. The van der Waals surface area contributed by atoms with Crippen LogP contribution in [0, 0.1) is 0 Å². The molecule has 0 saturated heterocycles. The monoisotopic (exact) mass is 691 g/mol. The molecule has 0 amide bonds. The fraction of sp³-hybridized carbons (Fsp3) is 0.957. The summed E-state index contributed by atoms with van der Waals surface area (Å²) in [5, 5.41) is 8.65. The van der Waals surface area contributed by atoms with E-state index in [9.17, 15) is 9.59 Å². The van der Waals surface area contributed by atoms with Gasteiger partial charge in [0, 0.05) is 19.3 Å². The summed E-state index contributed by atoms with van der Waals surface area (Å²) in [5.41, 5.74) is 0. The fourth-order valence-corrected chi connectivity index (χ4v) is 7.48. The first kappa shape index (κ1) is 48.1. The van der Waals surface area contributed by atoms with Crippen molar-refractivity contribution in [2.75, 3.05) is 0 Å². The van der Waals surface area contributed by atoms with Gasteiger partial charge < -0.3 is 5.11 Å². The molecule has 0 aromatic heterocycles. The minimum absolute atomic E-state index is 0.313. The third-order valence-electron chi connectivity index (χ3n) is 10.9. The largest absolute Gasteiger partial charge is 0.481 e. The van der Waals surface area contributed by atoms with Crippen molar-refractivity contribution in [2.45, 2.75) is 283 Å². The van der Waals surface area contributed by atoms with Gasteiger partial charge in [-0.2, -0.15) is 0 Å². The van der Waals surface area contributed by atoms with Crippen LogP contribution in [0.3, 0.4) is 0 Å². The zero-order valence-corrected chi connectivity index (χ0v) is 33.7. The van der Waals surface area contributed by atoms with E-state index in [2.05, 4.69) is 6.92 Å². The van der Waals surface area contributed by atoms with Crippen LogP contribution in [-0.2, 0) is 9.59 Å². The van der Waals surface area contributed by atoms with Crippen molar-refractivity contribution >= 4 is 11.8 Å². The van der Waals surface area contributed by atoms with E-state index in [-0.39, 0.29) is 0 Å². The van der Waals surface area contributed by atoms with Gasteiger partial charge >= 0.3 is 5.97 Å². The van der Waals surface area contributed by atoms with Gasteiger partial charge in [0.15, 0.2) is 0 Å². The topological polar surface area (TPSA) is 54.4 Å². The predicted octanol–water partition coefficient (Wildman–Crippen LogP) is 16.4. The summed E-state index contributed by atoms with van der Waals surface area (Å²) in [5.74, 6) is -0.194. The second-order valence-corrected chi connectivity index (χ2v) is 16.0. The highest BCUT2D eigenvalue weighted by Crippen LogP contribution is 2.17. The summed E-state index contributed by atoms with van der Waals surface area (Å²) in [7, 11) is 0. The number of ketones is 1. The van der Waals surface area contributed by atoms with Crippen molar-refractivity contribution in [2.24, 2.45) is 0 Å². The molecule has 0 aromatic carbocycles. The zero-order valence-electron chi connectivity index (χ0n) is 33.7. The molecular formula is C46H90O3. The van der Waals surface area contributed by atoms with Crippen molar-refractivity contribution in [3.05, 3.63) is 0 Å². The van der Waals surface area contributed by atoms with Gasteiger partial charge in [0.1, 0.15) is 5.78 Å². The molecule has 0 bridgehead atoms. The fourth-order valence-electron chi connectivity index (χ4n) is 7.48. The molecule has 3 nitrogen and oxygen atoms in total. The summed E-state index contributed by atoms with van der Waals surface area (Å²) in [6, 6.07) is 0. The number of hydrogen-bond donors (Lipinski definition) is 1. The predicted molar refractivity (Wildman–Crippen MR) is 217 cm³/mol. The molecule has 0 heterocycles. The van der Waals surface area contributed by atoms with E-state index in [1.165, 1.54) is 225 Å². The molecule has 0 rings (SSSR count). The second-order valence-electron chi connectivity index (χ2n) is 16.0. The number of carbonyl (C=O) groups excluding carboxylic acids is 1. The van der Waals surface area contributed by atoms with E-state index in [1.54, 1.807) is 0 Å². The molecule has 0 aliphatic rings. The SMILES string of the molecule is CCCCCCCCCCCCCCCCCCCCCCCCCCCCCCCCCC(=O)CCCCCCCCCCCC(=O)O. The van der Waals surface area contributed by atoms with Gasteiger partial charge in [-0.3, -0.25) is 9.59 Å². The standard InChI is InChI=1S/C46H90O3/c1-2-3-4-5-6-7-8-9-10-11-12-13-14-15-16-17-18-19-20-21-22-23-24-25-26-27-28-30-33-36-39-42-45(47)43-40-37-34-31-29-32-35-38-41-44-46(48)49/h2-44H2,1H3,(H,48,49). The Hall–Kier alpha value is -0.860. The number of hydrogen-bond acceptors (Lipinski definition) is 2. The molecule has 0 atom stereocenters.